The fourth-order valence-corrected chi connectivity index (χ4v) is 3.03. The van der Waals surface area contributed by atoms with Crippen molar-refractivity contribution in [2.24, 2.45) is 0 Å². The topological polar surface area (TPSA) is 44.5 Å². The second-order valence-electron chi connectivity index (χ2n) is 4.33. The summed E-state index contributed by atoms with van der Waals surface area (Å²) >= 11 is 23.6. The van der Waals surface area contributed by atoms with E-state index in [-0.39, 0.29) is 0 Å². The summed E-state index contributed by atoms with van der Waals surface area (Å²) in [5, 5.41) is 10.2. The van der Waals surface area contributed by atoms with Crippen LogP contribution in [0, 0.1) is 16.1 Å². The lowest BCUT2D eigenvalue weighted by atomic mass is 10.2. The normalized spacial score (nSPS) is 10.8. The summed E-state index contributed by atoms with van der Waals surface area (Å²) in [6.45, 7) is 0. The van der Waals surface area contributed by atoms with Crippen LogP contribution in [-0.4, -0.2) is 9.55 Å². The predicted molar refractivity (Wildman–Crippen MR) is 88.2 cm³/mol. The maximum atomic E-state index is 9.04. The average molecular weight is 355 g/mol. The van der Waals surface area contributed by atoms with E-state index in [0.717, 1.165) is 11.0 Å². The number of aromatic nitrogens is 2. The molecule has 0 unspecified atom stereocenters. The molecule has 0 aliphatic carbocycles. The number of H-pyrrole nitrogens is 1. The van der Waals surface area contributed by atoms with Crippen molar-refractivity contribution in [2.45, 2.75) is 0 Å². The third-order valence-electron chi connectivity index (χ3n) is 3.04. The Labute approximate surface area is 140 Å². The van der Waals surface area contributed by atoms with Gasteiger partial charge in [-0.25, -0.2) is 0 Å². The van der Waals surface area contributed by atoms with Gasteiger partial charge in [0.25, 0.3) is 0 Å². The number of benzene rings is 2. The third kappa shape index (κ3) is 2.43. The first-order valence-electron chi connectivity index (χ1n) is 5.81. The van der Waals surface area contributed by atoms with Gasteiger partial charge in [-0.05, 0) is 42.5 Å². The molecule has 1 heterocycles. The highest BCUT2D eigenvalue weighted by molar-refractivity contribution is 7.71. The molecule has 0 atom stereocenters. The van der Waals surface area contributed by atoms with E-state index < -0.39 is 0 Å². The molecule has 0 amide bonds. The summed E-state index contributed by atoms with van der Waals surface area (Å²) in [6.07, 6.45) is 0. The highest BCUT2D eigenvalue weighted by Crippen LogP contribution is 2.33. The van der Waals surface area contributed by atoms with E-state index >= 15 is 0 Å². The molecular formula is C14H6Cl3N3S. The van der Waals surface area contributed by atoms with E-state index in [1.54, 1.807) is 34.9 Å². The Balaban J connectivity index is 2.40. The van der Waals surface area contributed by atoms with E-state index in [2.05, 4.69) is 11.1 Å². The van der Waals surface area contributed by atoms with Crippen LogP contribution in [-0.2, 0) is 0 Å². The number of hydrogen-bond acceptors (Lipinski definition) is 2. The lowest BCUT2D eigenvalue weighted by Gasteiger charge is -2.09. The molecule has 1 aromatic heterocycles. The van der Waals surface area contributed by atoms with Crippen molar-refractivity contribution in [1.29, 1.82) is 5.26 Å². The lowest BCUT2D eigenvalue weighted by Crippen LogP contribution is -1.96. The first kappa shape index (κ1) is 14.4. The maximum absolute atomic E-state index is 9.04. The molecule has 0 bridgehead atoms. The minimum Gasteiger partial charge on any atom is -0.330 e. The number of rotatable bonds is 1. The van der Waals surface area contributed by atoms with Crippen LogP contribution in [0.15, 0.2) is 30.3 Å². The quantitative estimate of drug-likeness (QED) is 0.462. The SMILES string of the molecule is N#Cc1ccc2[nH]c(=S)n(-c3cc(Cl)c(Cl)cc3Cl)c2c1. The van der Waals surface area contributed by atoms with Crippen LogP contribution >= 0.6 is 47.0 Å². The Kier molecular flexibility index (Phi) is 3.68. The van der Waals surface area contributed by atoms with E-state index in [1.807, 2.05) is 0 Å². The lowest BCUT2D eigenvalue weighted by molar-refractivity contribution is 1.06. The van der Waals surface area contributed by atoms with Crippen molar-refractivity contribution in [3.8, 4) is 11.8 Å². The Morgan fingerprint density at radius 3 is 2.48 bits per heavy atom. The third-order valence-corrected chi connectivity index (χ3v) is 4.35. The van der Waals surface area contributed by atoms with Gasteiger partial charge in [0.15, 0.2) is 4.77 Å². The molecule has 1 N–H and O–H groups in total. The second kappa shape index (κ2) is 5.36. The van der Waals surface area contributed by atoms with Crippen molar-refractivity contribution in [3.63, 3.8) is 0 Å². The van der Waals surface area contributed by atoms with Crippen LogP contribution < -0.4 is 0 Å². The number of aromatic amines is 1. The molecule has 7 heteroatoms. The van der Waals surface area contributed by atoms with Crippen LogP contribution in [0.4, 0.5) is 0 Å². The van der Waals surface area contributed by atoms with Crippen molar-refractivity contribution in [2.75, 3.05) is 0 Å². The van der Waals surface area contributed by atoms with Gasteiger partial charge in [0.05, 0.1) is 43.4 Å². The van der Waals surface area contributed by atoms with Crippen LogP contribution in [0.5, 0.6) is 0 Å². The van der Waals surface area contributed by atoms with Crippen LogP contribution in [0.3, 0.4) is 0 Å². The van der Waals surface area contributed by atoms with E-state index in [9.17, 15) is 0 Å². The number of nitrogens with zero attached hydrogens (tertiary/aromatic N) is 2. The summed E-state index contributed by atoms with van der Waals surface area (Å²) in [5.74, 6) is 0. The highest BCUT2D eigenvalue weighted by Gasteiger charge is 2.13. The van der Waals surface area contributed by atoms with Gasteiger partial charge in [-0.1, -0.05) is 34.8 Å². The molecule has 0 spiro atoms. The minimum absolute atomic E-state index is 0.370. The molecule has 0 aliphatic rings. The molecule has 21 heavy (non-hydrogen) atoms. The van der Waals surface area contributed by atoms with Crippen LogP contribution in [0.1, 0.15) is 5.56 Å². The molecule has 0 aliphatic heterocycles. The Bertz CT molecular complexity index is 966. The molecule has 3 nitrogen and oxygen atoms in total. The monoisotopic (exact) mass is 353 g/mol. The smallest absolute Gasteiger partial charge is 0.182 e. The minimum atomic E-state index is 0.370. The number of halogens is 3. The van der Waals surface area contributed by atoms with Crippen molar-refractivity contribution >= 4 is 58.1 Å². The van der Waals surface area contributed by atoms with Crippen molar-refractivity contribution in [1.82, 2.24) is 9.55 Å². The van der Waals surface area contributed by atoms with E-state index in [1.165, 1.54) is 0 Å². The highest BCUT2D eigenvalue weighted by atomic mass is 35.5. The molecule has 2 aromatic carbocycles. The van der Waals surface area contributed by atoms with Gasteiger partial charge < -0.3 is 4.98 Å². The predicted octanol–water partition coefficient (Wildman–Crippen LogP) is 5.52. The molecule has 0 fully saturated rings. The molecule has 3 aromatic rings. The van der Waals surface area contributed by atoms with Gasteiger partial charge in [-0.2, -0.15) is 5.26 Å². The number of nitriles is 1. The zero-order valence-corrected chi connectivity index (χ0v) is 13.4. The Hall–Kier alpha value is -1.51. The Morgan fingerprint density at radius 1 is 1.05 bits per heavy atom. The van der Waals surface area contributed by atoms with Gasteiger partial charge in [0, 0.05) is 0 Å². The summed E-state index contributed by atoms with van der Waals surface area (Å²) in [6, 6.07) is 10.6. The van der Waals surface area contributed by atoms with Gasteiger partial charge in [-0.3, -0.25) is 4.57 Å². The van der Waals surface area contributed by atoms with Crippen molar-refractivity contribution < 1.29 is 0 Å². The Morgan fingerprint density at radius 2 is 1.76 bits per heavy atom. The molecule has 104 valence electrons. The first-order valence-corrected chi connectivity index (χ1v) is 7.35. The fraction of sp³-hybridized carbons (Fsp3) is 0. The summed E-state index contributed by atoms with van der Waals surface area (Å²) in [7, 11) is 0. The summed E-state index contributed by atoms with van der Waals surface area (Å²) in [5.41, 5.74) is 2.69. The first-order chi connectivity index (χ1) is 10.0. The second-order valence-corrected chi connectivity index (χ2v) is 5.94. The van der Waals surface area contributed by atoms with E-state index in [0.29, 0.717) is 31.1 Å². The zero-order chi connectivity index (χ0) is 15.1. The van der Waals surface area contributed by atoms with Gasteiger partial charge in [0.2, 0.25) is 0 Å². The largest absolute Gasteiger partial charge is 0.330 e. The zero-order valence-electron chi connectivity index (χ0n) is 10.3. The maximum Gasteiger partial charge on any atom is 0.182 e. The summed E-state index contributed by atoms with van der Waals surface area (Å²) in [4.78, 5) is 3.07. The number of imidazole rings is 1. The standard InChI is InChI=1S/C14H6Cl3N3S/c15-8-4-10(17)12(5-9(8)16)20-13-3-7(6-18)1-2-11(13)19-14(20)21/h1-5H,(H,19,21). The van der Waals surface area contributed by atoms with Gasteiger partial charge >= 0.3 is 0 Å². The fourth-order valence-electron chi connectivity index (χ4n) is 2.09. The molecule has 0 radical (unpaired) electrons. The average Bonchev–Trinajstić information content (AvgIpc) is 2.78. The van der Waals surface area contributed by atoms with Crippen LogP contribution in [0.2, 0.25) is 15.1 Å². The van der Waals surface area contributed by atoms with E-state index in [4.69, 9.17) is 52.3 Å². The van der Waals surface area contributed by atoms with Crippen molar-refractivity contribution in [3.05, 3.63) is 55.7 Å². The number of fused-ring (bicyclic) bond motifs is 1. The summed E-state index contributed by atoms with van der Waals surface area (Å²) < 4.78 is 2.19. The number of hydrogen-bond donors (Lipinski definition) is 1. The molecule has 0 saturated carbocycles. The van der Waals surface area contributed by atoms with Gasteiger partial charge in [-0.15, -0.1) is 0 Å². The van der Waals surface area contributed by atoms with Crippen LogP contribution in [0.25, 0.3) is 16.7 Å². The molecule has 3 rings (SSSR count). The molecular weight excluding hydrogens is 349 g/mol. The molecule has 0 saturated heterocycles. The number of nitrogens with one attached hydrogen (secondary N) is 1. The van der Waals surface area contributed by atoms with Gasteiger partial charge in [0.1, 0.15) is 0 Å².